The summed E-state index contributed by atoms with van der Waals surface area (Å²) in [7, 11) is 0. The molecule has 0 saturated heterocycles. The monoisotopic (exact) mass is 265 g/mol. The van der Waals surface area contributed by atoms with Crippen LogP contribution < -0.4 is 10.1 Å². The van der Waals surface area contributed by atoms with E-state index in [2.05, 4.69) is 5.32 Å². The molecule has 0 amide bonds. The molecule has 1 aliphatic rings. The lowest BCUT2D eigenvalue weighted by atomic mass is 10.3. The van der Waals surface area contributed by atoms with Gasteiger partial charge in [-0.1, -0.05) is 0 Å². The summed E-state index contributed by atoms with van der Waals surface area (Å²) in [6.07, 6.45) is 2.02. The first-order chi connectivity index (χ1) is 9.10. The first kappa shape index (κ1) is 13.2. The SMILES string of the molecule is N#CC(COc1cc(F)ccc1[N+](=O)[O-])NC1CC1. The lowest BCUT2D eigenvalue weighted by molar-refractivity contribution is -0.385. The Bertz CT molecular complexity index is 525. The van der Waals surface area contributed by atoms with E-state index in [1.807, 2.05) is 6.07 Å². The molecule has 0 bridgehead atoms. The molecule has 7 heteroatoms. The largest absolute Gasteiger partial charge is 0.484 e. The molecule has 1 aliphatic carbocycles. The molecule has 1 fully saturated rings. The summed E-state index contributed by atoms with van der Waals surface area (Å²) in [5.74, 6) is -0.785. The second-order valence-electron chi connectivity index (χ2n) is 4.30. The summed E-state index contributed by atoms with van der Waals surface area (Å²) in [6.45, 7) is -0.0582. The van der Waals surface area contributed by atoms with Gasteiger partial charge in [-0.2, -0.15) is 5.26 Å². The minimum Gasteiger partial charge on any atom is -0.484 e. The van der Waals surface area contributed by atoms with Gasteiger partial charge in [-0.15, -0.1) is 0 Å². The molecule has 1 saturated carbocycles. The number of rotatable bonds is 6. The molecule has 0 aromatic heterocycles. The molecule has 1 aromatic carbocycles. The fourth-order valence-electron chi connectivity index (χ4n) is 1.58. The van der Waals surface area contributed by atoms with E-state index in [9.17, 15) is 14.5 Å². The smallest absolute Gasteiger partial charge is 0.311 e. The molecule has 1 unspecified atom stereocenters. The van der Waals surface area contributed by atoms with Gasteiger partial charge in [-0.3, -0.25) is 15.4 Å². The van der Waals surface area contributed by atoms with E-state index < -0.39 is 16.8 Å². The van der Waals surface area contributed by atoms with Crippen LogP contribution in [0.2, 0.25) is 0 Å². The Morgan fingerprint density at radius 1 is 1.63 bits per heavy atom. The number of ether oxygens (including phenoxy) is 1. The first-order valence-electron chi connectivity index (χ1n) is 5.82. The van der Waals surface area contributed by atoms with E-state index in [1.54, 1.807) is 0 Å². The average molecular weight is 265 g/mol. The number of nitrogens with zero attached hydrogens (tertiary/aromatic N) is 2. The van der Waals surface area contributed by atoms with E-state index in [0.717, 1.165) is 31.0 Å². The molecule has 100 valence electrons. The van der Waals surface area contributed by atoms with E-state index in [0.29, 0.717) is 6.04 Å². The fraction of sp³-hybridized carbons (Fsp3) is 0.417. The zero-order chi connectivity index (χ0) is 13.8. The Kier molecular flexibility index (Phi) is 3.92. The summed E-state index contributed by atoms with van der Waals surface area (Å²) in [5, 5.41) is 22.7. The molecule has 0 spiro atoms. The van der Waals surface area contributed by atoms with Crippen molar-refractivity contribution in [2.75, 3.05) is 6.61 Å². The number of hydrogen-bond acceptors (Lipinski definition) is 5. The van der Waals surface area contributed by atoms with Crippen LogP contribution in [-0.2, 0) is 0 Å². The Labute approximate surface area is 108 Å². The van der Waals surface area contributed by atoms with Crippen molar-refractivity contribution in [1.29, 1.82) is 5.26 Å². The highest BCUT2D eigenvalue weighted by Crippen LogP contribution is 2.27. The highest BCUT2D eigenvalue weighted by Gasteiger charge is 2.25. The fourth-order valence-corrected chi connectivity index (χ4v) is 1.58. The lowest BCUT2D eigenvalue weighted by Crippen LogP contribution is -2.34. The summed E-state index contributed by atoms with van der Waals surface area (Å²) in [6, 6.07) is 4.75. The van der Waals surface area contributed by atoms with E-state index >= 15 is 0 Å². The zero-order valence-electron chi connectivity index (χ0n) is 10.0. The topological polar surface area (TPSA) is 88.2 Å². The molecule has 0 aliphatic heterocycles. The van der Waals surface area contributed by atoms with Gasteiger partial charge in [0.05, 0.1) is 11.0 Å². The normalized spacial score (nSPS) is 15.6. The third-order valence-electron chi connectivity index (χ3n) is 2.69. The Hall–Kier alpha value is -2.20. The van der Waals surface area contributed by atoms with Gasteiger partial charge in [-0.05, 0) is 18.9 Å². The predicted molar refractivity (Wildman–Crippen MR) is 64.1 cm³/mol. The number of nitrogens with one attached hydrogen (secondary N) is 1. The quantitative estimate of drug-likeness (QED) is 0.625. The minimum atomic E-state index is -0.648. The maximum atomic E-state index is 13.1. The van der Waals surface area contributed by atoms with Crippen LogP contribution in [-0.4, -0.2) is 23.6 Å². The Morgan fingerprint density at radius 3 is 2.95 bits per heavy atom. The number of nitro groups is 1. The third-order valence-corrected chi connectivity index (χ3v) is 2.69. The van der Waals surface area contributed by atoms with Crippen LogP contribution in [0.1, 0.15) is 12.8 Å². The van der Waals surface area contributed by atoms with E-state index in [-0.39, 0.29) is 18.0 Å². The maximum absolute atomic E-state index is 13.1. The van der Waals surface area contributed by atoms with Crippen molar-refractivity contribution in [1.82, 2.24) is 5.32 Å². The van der Waals surface area contributed by atoms with Crippen molar-refractivity contribution >= 4 is 5.69 Å². The average Bonchev–Trinajstić information content (AvgIpc) is 3.18. The summed E-state index contributed by atoms with van der Waals surface area (Å²) < 4.78 is 18.2. The van der Waals surface area contributed by atoms with Crippen LogP contribution >= 0.6 is 0 Å². The molecule has 1 aromatic rings. The van der Waals surface area contributed by atoms with Gasteiger partial charge in [0.15, 0.2) is 5.75 Å². The molecular weight excluding hydrogens is 253 g/mol. The molecule has 2 rings (SSSR count). The van der Waals surface area contributed by atoms with Gasteiger partial charge >= 0.3 is 5.69 Å². The number of nitriles is 1. The van der Waals surface area contributed by atoms with Gasteiger partial charge in [0, 0.05) is 18.2 Å². The molecule has 0 radical (unpaired) electrons. The van der Waals surface area contributed by atoms with E-state index in [1.165, 1.54) is 0 Å². The van der Waals surface area contributed by atoms with Gasteiger partial charge in [0.1, 0.15) is 18.5 Å². The van der Waals surface area contributed by atoms with Gasteiger partial charge < -0.3 is 4.74 Å². The number of halogens is 1. The Morgan fingerprint density at radius 2 is 2.37 bits per heavy atom. The lowest BCUT2D eigenvalue weighted by Gasteiger charge is -2.12. The highest BCUT2D eigenvalue weighted by atomic mass is 19.1. The second-order valence-corrected chi connectivity index (χ2v) is 4.30. The molecule has 1 N–H and O–H groups in total. The van der Waals surface area contributed by atoms with Crippen molar-refractivity contribution in [3.05, 3.63) is 34.1 Å². The summed E-state index contributed by atoms with van der Waals surface area (Å²) in [5.41, 5.74) is -0.315. The summed E-state index contributed by atoms with van der Waals surface area (Å²) >= 11 is 0. The van der Waals surface area contributed by atoms with Crippen molar-refractivity contribution < 1.29 is 14.1 Å². The summed E-state index contributed by atoms with van der Waals surface area (Å²) in [4.78, 5) is 10.1. The standard InChI is InChI=1S/C12H12FN3O3/c13-8-1-4-11(16(17)18)12(5-8)19-7-10(6-14)15-9-2-3-9/h1,4-5,9-10,15H,2-3,7H2. The van der Waals surface area contributed by atoms with Crippen molar-refractivity contribution in [2.24, 2.45) is 0 Å². The van der Waals surface area contributed by atoms with Crippen molar-refractivity contribution in [2.45, 2.75) is 24.9 Å². The van der Waals surface area contributed by atoms with Gasteiger partial charge in [-0.25, -0.2) is 4.39 Å². The van der Waals surface area contributed by atoms with Crippen LogP contribution in [0.5, 0.6) is 5.75 Å². The predicted octanol–water partition coefficient (Wildman–Crippen LogP) is 1.76. The van der Waals surface area contributed by atoms with Crippen LogP contribution in [0, 0.1) is 27.3 Å². The van der Waals surface area contributed by atoms with Crippen LogP contribution in [0.3, 0.4) is 0 Å². The number of benzene rings is 1. The van der Waals surface area contributed by atoms with Crippen LogP contribution in [0.15, 0.2) is 18.2 Å². The maximum Gasteiger partial charge on any atom is 0.311 e. The Balaban J connectivity index is 2.02. The van der Waals surface area contributed by atoms with Crippen molar-refractivity contribution in [3.8, 4) is 11.8 Å². The van der Waals surface area contributed by atoms with Gasteiger partial charge in [0.25, 0.3) is 0 Å². The number of hydrogen-bond donors (Lipinski definition) is 1. The van der Waals surface area contributed by atoms with Crippen LogP contribution in [0.4, 0.5) is 10.1 Å². The third kappa shape index (κ3) is 3.63. The minimum absolute atomic E-state index is 0.0582. The second kappa shape index (κ2) is 5.63. The van der Waals surface area contributed by atoms with Crippen LogP contribution in [0.25, 0.3) is 0 Å². The molecule has 0 heterocycles. The first-order valence-corrected chi connectivity index (χ1v) is 5.82. The molecular formula is C12H12FN3O3. The van der Waals surface area contributed by atoms with E-state index in [4.69, 9.17) is 10.00 Å². The molecule has 6 nitrogen and oxygen atoms in total. The molecule has 19 heavy (non-hydrogen) atoms. The van der Waals surface area contributed by atoms with Crippen molar-refractivity contribution in [3.63, 3.8) is 0 Å². The zero-order valence-corrected chi connectivity index (χ0v) is 10.0. The molecule has 1 atom stereocenters. The highest BCUT2D eigenvalue weighted by molar-refractivity contribution is 5.46. The number of nitro benzene ring substituents is 1. The van der Waals surface area contributed by atoms with Gasteiger partial charge in [0.2, 0.25) is 0 Å².